The molecule has 0 bridgehead atoms. The van der Waals surface area contributed by atoms with Crippen LogP contribution in [-0.2, 0) is 0 Å². The van der Waals surface area contributed by atoms with Crippen LogP contribution in [0.3, 0.4) is 0 Å². The van der Waals surface area contributed by atoms with Gasteiger partial charge in [-0.1, -0.05) is 11.6 Å². The summed E-state index contributed by atoms with van der Waals surface area (Å²) < 4.78 is 4.93. The van der Waals surface area contributed by atoms with E-state index in [-0.39, 0.29) is 5.88 Å². The van der Waals surface area contributed by atoms with Gasteiger partial charge in [-0.3, -0.25) is 10.1 Å². The third kappa shape index (κ3) is 1.36. The van der Waals surface area contributed by atoms with Crippen molar-refractivity contribution >= 4 is 28.5 Å². The van der Waals surface area contributed by atoms with E-state index in [0.717, 1.165) is 0 Å². The molecule has 0 spiro atoms. The van der Waals surface area contributed by atoms with E-state index in [1.54, 1.807) is 18.2 Å². The van der Waals surface area contributed by atoms with Crippen molar-refractivity contribution in [2.24, 2.45) is 0 Å². The van der Waals surface area contributed by atoms with Crippen LogP contribution in [0.1, 0.15) is 0 Å². The van der Waals surface area contributed by atoms with Crippen LogP contribution in [0.5, 0.6) is 0 Å². The standard InChI is InChI=1S/C8H4ClNO3/c9-6-2-1-5-3-8(10(11)12)13-7(5)4-6/h1-4H. The summed E-state index contributed by atoms with van der Waals surface area (Å²) in [6.07, 6.45) is 0. The molecule has 0 saturated heterocycles. The Bertz CT molecular complexity index is 477. The molecule has 0 radical (unpaired) electrons. The van der Waals surface area contributed by atoms with Crippen molar-refractivity contribution in [1.29, 1.82) is 0 Å². The van der Waals surface area contributed by atoms with Crippen molar-refractivity contribution < 1.29 is 9.34 Å². The van der Waals surface area contributed by atoms with E-state index in [2.05, 4.69) is 0 Å². The maximum absolute atomic E-state index is 10.3. The van der Waals surface area contributed by atoms with Crippen molar-refractivity contribution in [3.05, 3.63) is 39.4 Å². The number of fused-ring (bicyclic) bond motifs is 1. The van der Waals surface area contributed by atoms with Gasteiger partial charge in [0, 0.05) is 16.5 Å². The third-order valence-electron chi connectivity index (χ3n) is 1.65. The molecule has 2 aromatic rings. The molecule has 0 fully saturated rings. The van der Waals surface area contributed by atoms with E-state index in [9.17, 15) is 10.1 Å². The van der Waals surface area contributed by atoms with Crippen LogP contribution in [0.25, 0.3) is 11.0 Å². The fraction of sp³-hybridized carbons (Fsp3) is 0. The van der Waals surface area contributed by atoms with E-state index in [4.69, 9.17) is 16.0 Å². The van der Waals surface area contributed by atoms with Crippen molar-refractivity contribution in [1.82, 2.24) is 0 Å². The van der Waals surface area contributed by atoms with Crippen LogP contribution < -0.4 is 0 Å². The summed E-state index contributed by atoms with van der Waals surface area (Å²) in [7, 11) is 0. The molecule has 0 atom stereocenters. The lowest BCUT2D eigenvalue weighted by molar-refractivity contribution is -0.401. The normalized spacial score (nSPS) is 10.5. The lowest BCUT2D eigenvalue weighted by Gasteiger charge is -1.86. The number of nitrogens with zero attached hydrogens (tertiary/aromatic N) is 1. The smallest absolute Gasteiger partial charge is 0.401 e. The summed E-state index contributed by atoms with van der Waals surface area (Å²) in [4.78, 5) is 9.76. The Labute approximate surface area is 77.9 Å². The average molecular weight is 198 g/mol. The highest BCUT2D eigenvalue weighted by atomic mass is 35.5. The third-order valence-corrected chi connectivity index (χ3v) is 1.88. The van der Waals surface area contributed by atoms with Gasteiger partial charge in [-0.2, -0.15) is 0 Å². The van der Waals surface area contributed by atoms with E-state index < -0.39 is 4.92 Å². The number of hydrogen-bond donors (Lipinski definition) is 0. The summed E-state index contributed by atoms with van der Waals surface area (Å²) in [6, 6.07) is 6.24. The van der Waals surface area contributed by atoms with E-state index in [1.165, 1.54) is 6.07 Å². The molecule has 5 heteroatoms. The number of rotatable bonds is 1. The second-order valence-corrected chi connectivity index (χ2v) is 2.96. The van der Waals surface area contributed by atoms with Gasteiger partial charge in [-0.15, -0.1) is 0 Å². The summed E-state index contributed by atoms with van der Waals surface area (Å²) in [5.41, 5.74) is 0.430. The van der Waals surface area contributed by atoms with Gasteiger partial charge in [-0.05, 0) is 12.1 Å². The summed E-state index contributed by atoms with van der Waals surface area (Å²) >= 11 is 5.68. The van der Waals surface area contributed by atoms with Gasteiger partial charge < -0.3 is 4.42 Å². The zero-order valence-corrected chi connectivity index (χ0v) is 7.12. The van der Waals surface area contributed by atoms with Crippen molar-refractivity contribution in [3.63, 3.8) is 0 Å². The second-order valence-electron chi connectivity index (χ2n) is 2.52. The fourth-order valence-corrected chi connectivity index (χ4v) is 1.24. The molecule has 0 amide bonds. The first-order valence-corrected chi connectivity index (χ1v) is 3.88. The van der Waals surface area contributed by atoms with Gasteiger partial charge in [0.1, 0.15) is 10.5 Å². The Kier molecular flexibility index (Phi) is 1.70. The summed E-state index contributed by atoms with van der Waals surface area (Å²) in [6.45, 7) is 0. The van der Waals surface area contributed by atoms with Gasteiger partial charge in [0.15, 0.2) is 0 Å². The predicted molar refractivity (Wildman–Crippen MR) is 47.9 cm³/mol. The molecule has 0 aliphatic heterocycles. The second kappa shape index (κ2) is 2.74. The minimum Gasteiger partial charge on any atom is -0.401 e. The molecular weight excluding hydrogens is 194 g/mol. The minimum absolute atomic E-state index is 0.266. The van der Waals surface area contributed by atoms with E-state index in [1.807, 2.05) is 0 Å². The number of halogens is 1. The van der Waals surface area contributed by atoms with Crippen molar-refractivity contribution in [3.8, 4) is 0 Å². The maximum Gasteiger partial charge on any atom is 0.434 e. The highest BCUT2D eigenvalue weighted by molar-refractivity contribution is 6.31. The maximum atomic E-state index is 10.3. The van der Waals surface area contributed by atoms with Crippen LogP contribution in [-0.4, -0.2) is 4.92 Å². The molecule has 0 unspecified atom stereocenters. The summed E-state index contributed by atoms with van der Waals surface area (Å²) in [5.74, 6) is -0.266. The van der Waals surface area contributed by atoms with Crippen molar-refractivity contribution in [2.75, 3.05) is 0 Å². The van der Waals surface area contributed by atoms with Crippen LogP contribution in [0.2, 0.25) is 5.02 Å². The first-order chi connectivity index (χ1) is 6.16. The summed E-state index contributed by atoms with van der Waals surface area (Å²) in [5, 5.41) is 11.5. The molecule has 13 heavy (non-hydrogen) atoms. The first kappa shape index (κ1) is 8.07. The zero-order valence-electron chi connectivity index (χ0n) is 6.36. The Balaban J connectivity index is 2.68. The molecule has 1 heterocycles. The molecule has 4 nitrogen and oxygen atoms in total. The SMILES string of the molecule is O=[N+]([O-])c1cc2ccc(Cl)cc2o1. The highest BCUT2D eigenvalue weighted by Crippen LogP contribution is 2.26. The molecule has 0 aliphatic rings. The van der Waals surface area contributed by atoms with Gasteiger partial charge in [0.2, 0.25) is 0 Å². The zero-order chi connectivity index (χ0) is 9.42. The Morgan fingerprint density at radius 3 is 2.85 bits per heavy atom. The minimum atomic E-state index is -0.575. The molecular formula is C8H4ClNO3. The molecule has 66 valence electrons. The predicted octanol–water partition coefficient (Wildman–Crippen LogP) is 2.99. The van der Waals surface area contributed by atoms with Crippen LogP contribution in [0.15, 0.2) is 28.7 Å². The molecule has 1 aromatic heterocycles. The number of furan rings is 1. The van der Waals surface area contributed by atoms with Crippen LogP contribution in [0.4, 0.5) is 5.88 Å². The molecule has 1 aromatic carbocycles. The number of benzene rings is 1. The van der Waals surface area contributed by atoms with E-state index >= 15 is 0 Å². The average Bonchev–Trinajstić information content (AvgIpc) is 2.46. The lowest BCUT2D eigenvalue weighted by Crippen LogP contribution is -1.82. The molecule has 0 N–H and O–H groups in total. The molecule has 2 rings (SSSR count). The largest absolute Gasteiger partial charge is 0.434 e. The van der Waals surface area contributed by atoms with Crippen LogP contribution in [0, 0.1) is 10.1 Å². The van der Waals surface area contributed by atoms with Gasteiger partial charge in [-0.25, -0.2) is 0 Å². The quantitative estimate of drug-likeness (QED) is 0.522. The Hall–Kier alpha value is -1.55. The number of nitro groups is 1. The Morgan fingerprint density at radius 1 is 1.38 bits per heavy atom. The first-order valence-electron chi connectivity index (χ1n) is 3.50. The van der Waals surface area contributed by atoms with Gasteiger partial charge in [0.25, 0.3) is 0 Å². The van der Waals surface area contributed by atoms with Crippen LogP contribution >= 0.6 is 11.6 Å². The monoisotopic (exact) mass is 197 g/mol. The highest BCUT2D eigenvalue weighted by Gasteiger charge is 2.12. The topological polar surface area (TPSA) is 56.3 Å². The van der Waals surface area contributed by atoms with E-state index in [0.29, 0.717) is 16.0 Å². The Morgan fingerprint density at radius 2 is 2.15 bits per heavy atom. The fourth-order valence-electron chi connectivity index (χ4n) is 1.08. The number of hydrogen-bond acceptors (Lipinski definition) is 3. The molecule has 0 aliphatic carbocycles. The van der Waals surface area contributed by atoms with Gasteiger partial charge >= 0.3 is 5.88 Å². The lowest BCUT2D eigenvalue weighted by atomic mass is 10.3. The van der Waals surface area contributed by atoms with Gasteiger partial charge in [0.05, 0.1) is 6.07 Å². The van der Waals surface area contributed by atoms with Crippen molar-refractivity contribution in [2.45, 2.75) is 0 Å². The molecule has 0 saturated carbocycles.